The molecule has 1 fully saturated rings. The Bertz CT molecular complexity index is 1290. The first-order valence-corrected chi connectivity index (χ1v) is 13.1. The second-order valence-corrected chi connectivity index (χ2v) is 9.68. The third kappa shape index (κ3) is 6.72. The van der Waals surface area contributed by atoms with Crippen molar-refractivity contribution in [3.8, 4) is 17.6 Å². The highest BCUT2D eigenvalue weighted by Gasteiger charge is 2.24. The summed E-state index contributed by atoms with van der Waals surface area (Å²) < 4.78 is 12.6. The molecule has 1 saturated heterocycles. The van der Waals surface area contributed by atoms with Gasteiger partial charge >= 0.3 is 0 Å². The Kier molecular flexibility index (Phi) is 8.86. The molecule has 0 spiro atoms. The molecule has 0 unspecified atom stereocenters. The number of carbonyl (C=O) groups excluding carboxylic acids is 1. The number of benzene rings is 3. The average Bonchev–Trinajstić information content (AvgIpc) is 2.92. The van der Waals surface area contributed by atoms with E-state index in [-0.39, 0.29) is 11.5 Å². The summed E-state index contributed by atoms with van der Waals surface area (Å²) >= 11 is 3.59. The number of ether oxygens (including phenoxy) is 2. The van der Waals surface area contributed by atoms with E-state index in [1.54, 1.807) is 17.0 Å². The van der Waals surface area contributed by atoms with Crippen LogP contribution >= 0.6 is 15.9 Å². The van der Waals surface area contributed by atoms with E-state index in [1.165, 1.54) is 5.56 Å². The van der Waals surface area contributed by atoms with Gasteiger partial charge in [0.25, 0.3) is 5.91 Å². The second kappa shape index (κ2) is 12.5. The maximum Gasteiger partial charge on any atom is 0.264 e. The molecule has 1 heterocycles. The smallest absolute Gasteiger partial charge is 0.264 e. The number of nitriles is 1. The van der Waals surface area contributed by atoms with Crippen molar-refractivity contribution in [2.45, 2.75) is 20.5 Å². The quantitative estimate of drug-likeness (QED) is 0.250. The van der Waals surface area contributed by atoms with Crippen molar-refractivity contribution in [1.29, 1.82) is 5.26 Å². The van der Waals surface area contributed by atoms with E-state index in [1.807, 2.05) is 62.4 Å². The molecule has 6 nitrogen and oxygen atoms in total. The fourth-order valence-electron chi connectivity index (χ4n) is 4.20. The largest absolute Gasteiger partial charge is 0.490 e. The van der Waals surface area contributed by atoms with E-state index < -0.39 is 0 Å². The SMILES string of the molecule is CCOc1cc(/C=C(/C#N)C(=O)N2CCN(c3ccccc3)CC2)cc(Br)c1OCc1ccc(C)cc1. The molecule has 4 rings (SSSR count). The molecule has 0 aliphatic carbocycles. The molecule has 0 atom stereocenters. The van der Waals surface area contributed by atoms with Crippen molar-refractivity contribution < 1.29 is 14.3 Å². The number of piperazine rings is 1. The molecule has 1 aliphatic heterocycles. The number of rotatable bonds is 8. The van der Waals surface area contributed by atoms with Crippen molar-refractivity contribution in [3.63, 3.8) is 0 Å². The summed E-state index contributed by atoms with van der Waals surface area (Å²) in [5.41, 5.74) is 4.16. The summed E-state index contributed by atoms with van der Waals surface area (Å²) in [7, 11) is 0. The topological polar surface area (TPSA) is 65.8 Å². The molecule has 0 saturated carbocycles. The predicted octanol–water partition coefficient (Wildman–Crippen LogP) is 5.99. The van der Waals surface area contributed by atoms with Crippen molar-refractivity contribution in [2.24, 2.45) is 0 Å². The van der Waals surface area contributed by atoms with Gasteiger partial charge in [-0.2, -0.15) is 5.26 Å². The van der Waals surface area contributed by atoms with Gasteiger partial charge in [0, 0.05) is 31.9 Å². The Hall–Kier alpha value is -3.76. The van der Waals surface area contributed by atoms with Crippen LogP contribution in [0.1, 0.15) is 23.6 Å². The molecule has 0 aromatic heterocycles. The van der Waals surface area contributed by atoms with Crippen LogP contribution in [-0.2, 0) is 11.4 Å². The second-order valence-electron chi connectivity index (χ2n) is 8.82. The van der Waals surface area contributed by atoms with Crippen LogP contribution in [0, 0.1) is 18.3 Å². The van der Waals surface area contributed by atoms with E-state index in [0.717, 1.165) is 24.3 Å². The van der Waals surface area contributed by atoms with Gasteiger partial charge in [-0.15, -0.1) is 0 Å². The van der Waals surface area contributed by atoms with Crippen molar-refractivity contribution in [2.75, 3.05) is 37.7 Å². The molecular formula is C30H30BrN3O3. The van der Waals surface area contributed by atoms with Crippen LogP contribution in [0.15, 0.2) is 76.8 Å². The summed E-state index contributed by atoms with van der Waals surface area (Å²) in [6.45, 7) is 7.37. The van der Waals surface area contributed by atoms with Crippen LogP contribution in [-0.4, -0.2) is 43.6 Å². The Morgan fingerprint density at radius 3 is 2.38 bits per heavy atom. The minimum atomic E-state index is -0.260. The van der Waals surface area contributed by atoms with Gasteiger partial charge in [0.2, 0.25) is 0 Å². The molecule has 0 bridgehead atoms. The first-order chi connectivity index (χ1) is 18.0. The van der Waals surface area contributed by atoms with Crippen molar-refractivity contribution in [1.82, 2.24) is 4.90 Å². The molecule has 1 amide bonds. The molecule has 0 N–H and O–H groups in total. The van der Waals surface area contributed by atoms with E-state index >= 15 is 0 Å². The Morgan fingerprint density at radius 1 is 1.03 bits per heavy atom. The van der Waals surface area contributed by atoms with Crippen molar-refractivity contribution in [3.05, 3.63) is 93.5 Å². The zero-order valence-electron chi connectivity index (χ0n) is 21.1. The van der Waals surface area contributed by atoms with Gasteiger partial charge in [-0.25, -0.2) is 0 Å². The molecule has 37 heavy (non-hydrogen) atoms. The predicted molar refractivity (Wildman–Crippen MR) is 150 cm³/mol. The van der Waals surface area contributed by atoms with Gasteiger partial charge in [-0.1, -0.05) is 48.0 Å². The molecule has 7 heteroatoms. The molecule has 1 aliphatic rings. The van der Waals surface area contributed by atoms with Gasteiger partial charge in [0.05, 0.1) is 11.1 Å². The van der Waals surface area contributed by atoms with Gasteiger partial charge in [0.15, 0.2) is 11.5 Å². The Balaban J connectivity index is 1.48. The maximum absolute atomic E-state index is 13.2. The number of hydrogen-bond acceptors (Lipinski definition) is 5. The molecule has 3 aromatic rings. The summed E-state index contributed by atoms with van der Waals surface area (Å²) in [5, 5.41) is 9.80. The van der Waals surface area contributed by atoms with Crippen LogP contribution in [0.25, 0.3) is 6.08 Å². The highest BCUT2D eigenvalue weighted by atomic mass is 79.9. The lowest BCUT2D eigenvalue weighted by atomic mass is 10.1. The minimum Gasteiger partial charge on any atom is -0.490 e. The summed E-state index contributed by atoms with van der Waals surface area (Å²) in [4.78, 5) is 17.2. The van der Waals surface area contributed by atoms with Crippen LogP contribution in [0.2, 0.25) is 0 Å². The Labute approximate surface area is 226 Å². The monoisotopic (exact) mass is 559 g/mol. The lowest BCUT2D eigenvalue weighted by Gasteiger charge is -2.36. The number of para-hydroxylation sites is 1. The molecule has 0 radical (unpaired) electrons. The number of amides is 1. The third-order valence-corrected chi connectivity index (χ3v) is 6.77. The van der Waals surface area contributed by atoms with E-state index in [2.05, 4.69) is 39.0 Å². The zero-order chi connectivity index (χ0) is 26.2. The average molecular weight is 560 g/mol. The highest BCUT2D eigenvalue weighted by Crippen LogP contribution is 2.38. The van der Waals surface area contributed by atoms with E-state index in [0.29, 0.717) is 47.8 Å². The highest BCUT2D eigenvalue weighted by molar-refractivity contribution is 9.10. The summed E-state index contributed by atoms with van der Waals surface area (Å²) in [6, 6.07) is 24.1. The Morgan fingerprint density at radius 2 is 1.73 bits per heavy atom. The lowest BCUT2D eigenvalue weighted by molar-refractivity contribution is -0.126. The van der Waals surface area contributed by atoms with Gasteiger partial charge in [-0.3, -0.25) is 4.79 Å². The first-order valence-electron chi connectivity index (χ1n) is 12.3. The molecule has 3 aromatic carbocycles. The number of hydrogen-bond donors (Lipinski definition) is 0. The first kappa shape index (κ1) is 26.3. The normalized spacial score (nSPS) is 13.7. The molecular weight excluding hydrogens is 530 g/mol. The number of nitrogens with zero attached hydrogens (tertiary/aromatic N) is 3. The maximum atomic E-state index is 13.2. The standard InChI is InChI=1S/C30H30BrN3O3/c1-3-36-28-19-24(18-27(31)29(28)37-21-23-11-9-22(2)10-12-23)17-25(20-32)30(35)34-15-13-33(14-16-34)26-7-5-4-6-8-26/h4-12,17-19H,3,13-16,21H2,1-2H3/b25-17-. The fourth-order valence-corrected chi connectivity index (χ4v) is 4.77. The number of anilines is 1. The lowest BCUT2D eigenvalue weighted by Crippen LogP contribution is -2.49. The van der Waals surface area contributed by atoms with Crippen LogP contribution in [0.4, 0.5) is 5.69 Å². The summed E-state index contributed by atoms with van der Waals surface area (Å²) in [6.07, 6.45) is 1.61. The molecule has 190 valence electrons. The van der Waals surface area contributed by atoms with E-state index in [4.69, 9.17) is 9.47 Å². The van der Waals surface area contributed by atoms with Gasteiger partial charge in [0.1, 0.15) is 18.2 Å². The van der Waals surface area contributed by atoms with Crippen molar-refractivity contribution >= 4 is 33.6 Å². The zero-order valence-corrected chi connectivity index (χ0v) is 22.7. The fraction of sp³-hybridized carbons (Fsp3) is 0.267. The summed E-state index contributed by atoms with van der Waals surface area (Å²) in [5.74, 6) is 0.877. The van der Waals surface area contributed by atoms with Crippen LogP contribution in [0.3, 0.4) is 0 Å². The number of aryl methyl sites for hydroxylation is 1. The third-order valence-electron chi connectivity index (χ3n) is 6.19. The minimum absolute atomic E-state index is 0.0934. The number of carbonyl (C=O) groups is 1. The van der Waals surface area contributed by atoms with E-state index in [9.17, 15) is 10.1 Å². The van der Waals surface area contributed by atoms with Crippen LogP contribution < -0.4 is 14.4 Å². The van der Waals surface area contributed by atoms with Gasteiger partial charge in [-0.05, 0) is 71.2 Å². The van der Waals surface area contributed by atoms with Gasteiger partial charge < -0.3 is 19.3 Å². The van der Waals surface area contributed by atoms with Crippen LogP contribution in [0.5, 0.6) is 11.5 Å². The number of halogens is 1.